The van der Waals surface area contributed by atoms with Crippen LogP contribution in [0.25, 0.3) is 0 Å². The van der Waals surface area contributed by atoms with Crippen LogP contribution in [0.15, 0.2) is 0 Å². The minimum absolute atomic E-state index is 0.583. The van der Waals surface area contributed by atoms with Crippen LogP contribution in [0.4, 0.5) is 0 Å². The highest BCUT2D eigenvalue weighted by molar-refractivity contribution is 4.78. The van der Waals surface area contributed by atoms with Gasteiger partial charge in [0.05, 0.1) is 0 Å². The van der Waals surface area contributed by atoms with Crippen molar-refractivity contribution in [2.24, 2.45) is 17.7 Å². The Hall–Kier alpha value is -0.0800. The van der Waals surface area contributed by atoms with E-state index in [1.807, 2.05) is 0 Å². The van der Waals surface area contributed by atoms with Crippen molar-refractivity contribution in [2.45, 2.75) is 95.9 Å². The van der Waals surface area contributed by atoms with Crippen LogP contribution in [-0.4, -0.2) is 6.04 Å². The maximum atomic E-state index is 5.86. The van der Waals surface area contributed by atoms with Gasteiger partial charge in [0.15, 0.2) is 0 Å². The zero-order valence-electron chi connectivity index (χ0n) is 12.7. The summed E-state index contributed by atoms with van der Waals surface area (Å²) in [6.45, 7) is 0. The second kappa shape index (κ2) is 8.97. The van der Waals surface area contributed by atoms with Gasteiger partial charge < -0.3 is 0 Å². The number of rotatable bonds is 5. The largest absolute Gasteiger partial charge is 0.271 e. The molecule has 0 saturated heterocycles. The number of hydrogen-bond donors (Lipinski definition) is 2. The van der Waals surface area contributed by atoms with Crippen LogP contribution >= 0.6 is 0 Å². The quantitative estimate of drug-likeness (QED) is 0.566. The van der Waals surface area contributed by atoms with E-state index in [0.717, 1.165) is 11.8 Å². The van der Waals surface area contributed by atoms with Crippen LogP contribution in [0.3, 0.4) is 0 Å². The van der Waals surface area contributed by atoms with Crippen LogP contribution < -0.4 is 11.3 Å². The third kappa shape index (κ3) is 5.43. The smallest absolute Gasteiger partial charge is 0.0238 e. The van der Waals surface area contributed by atoms with E-state index >= 15 is 0 Å². The van der Waals surface area contributed by atoms with Gasteiger partial charge in [-0.25, -0.2) is 0 Å². The molecular weight excluding hydrogens is 232 g/mol. The fraction of sp³-hybridized carbons (Fsp3) is 1.00. The monoisotopic (exact) mass is 266 g/mol. The second-order valence-electron chi connectivity index (χ2n) is 6.96. The molecule has 0 bridgehead atoms. The molecule has 0 spiro atoms. The summed E-state index contributed by atoms with van der Waals surface area (Å²) in [5.74, 6) is 7.70. The molecule has 0 aromatic heterocycles. The SMILES string of the molecule is NNC(CCC1CCCCC1)C1CCCCCCC1. The van der Waals surface area contributed by atoms with Crippen molar-refractivity contribution in [3.8, 4) is 0 Å². The molecule has 2 aliphatic carbocycles. The molecule has 19 heavy (non-hydrogen) atoms. The summed E-state index contributed by atoms with van der Waals surface area (Å²) in [6, 6.07) is 0.583. The molecule has 2 heteroatoms. The first-order valence-corrected chi connectivity index (χ1v) is 8.86. The summed E-state index contributed by atoms with van der Waals surface area (Å²) in [5.41, 5.74) is 3.16. The van der Waals surface area contributed by atoms with Crippen LogP contribution in [0, 0.1) is 11.8 Å². The normalized spacial score (nSPS) is 25.7. The Labute approximate surface area is 119 Å². The van der Waals surface area contributed by atoms with E-state index in [0.29, 0.717) is 6.04 Å². The molecule has 0 aromatic carbocycles. The van der Waals surface area contributed by atoms with Crippen LogP contribution in [0.2, 0.25) is 0 Å². The first-order chi connectivity index (χ1) is 9.40. The van der Waals surface area contributed by atoms with Crippen molar-refractivity contribution >= 4 is 0 Å². The highest BCUT2D eigenvalue weighted by Gasteiger charge is 2.22. The molecule has 0 aromatic rings. The average Bonchev–Trinajstić information content (AvgIpc) is 2.42. The number of hydrazine groups is 1. The van der Waals surface area contributed by atoms with Crippen molar-refractivity contribution in [2.75, 3.05) is 0 Å². The molecular formula is C17H34N2. The van der Waals surface area contributed by atoms with Gasteiger partial charge in [-0.15, -0.1) is 0 Å². The van der Waals surface area contributed by atoms with Gasteiger partial charge in [-0.3, -0.25) is 11.3 Å². The molecule has 2 nitrogen and oxygen atoms in total. The van der Waals surface area contributed by atoms with Crippen LogP contribution in [0.1, 0.15) is 89.9 Å². The van der Waals surface area contributed by atoms with Gasteiger partial charge in [0.1, 0.15) is 0 Å². The van der Waals surface area contributed by atoms with E-state index in [1.54, 1.807) is 0 Å². The van der Waals surface area contributed by atoms with Crippen LogP contribution in [0.5, 0.6) is 0 Å². The summed E-state index contributed by atoms with van der Waals surface area (Å²) in [4.78, 5) is 0. The molecule has 1 atom stereocenters. The predicted octanol–water partition coefficient (Wildman–Crippen LogP) is 4.54. The van der Waals surface area contributed by atoms with E-state index in [2.05, 4.69) is 5.43 Å². The third-order valence-corrected chi connectivity index (χ3v) is 5.54. The zero-order valence-corrected chi connectivity index (χ0v) is 12.7. The fourth-order valence-electron chi connectivity index (χ4n) is 4.24. The Morgan fingerprint density at radius 1 is 0.789 bits per heavy atom. The van der Waals surface area contributed by atoms with Gasteiger partial charge in [-0.1, -0.05) is 64.2 Å². The highest BCUT2D eigenvalue weighted by Crippen LogP contribution is 2.31. The lowest BCUT2D eigenvalue weighted by atomic mass is 9.80. The topological polar surface area (TPSA) is 38.0 Å². The summed E-state index contributed by atoms with van der Waals surface area (Å²) in [7, 11) is 0. The number of nitrogens with one attached hydrogen (secondary N) is 1. The Balaban J connectivity index is 1.73. The molecule has 0 radical (unpaired) electrons. The van der Waals surface area contributed by atoms with Crippen molar-refractivity contribution in [3.05, 3.63) is 0 Å². The Kier molecular flexibility index (Phi) is 7.23. The van der Waals surface area contributed by atoms with Crippen molar-refractivity contribution in [1.29, 1.82) is 0 Å². The first-order valence-electron chi connectivity index (χ1n) is 8.86. The fourth-order valence-corrected chi connectivity index (χ4v) is 4.24. The average molecular weight is 266 g/mol. The molecule has 0 aliphatic heterocycles. The van der Waals surface area contributed by atoms with Gasteiger partial charge in [-0.05, 0) is 37.5 Å². The minimum atomic E-state index is 0.583. The van der Waals surface area contributed by atoms with Gasteiger partial charge in [0, 0.05) is 6.04 Å². The lowest BCUT2D eigenvalue weighted by Gasteiger charge is -2.30. The van der Waals surface area contributed by atoms with Gasteiger partial charge in [0.2, 0.25) is 0 Å². The molecule has 0 amide bonds. The van der Waals surface area contributed by atoms with Crippen molar-refractivity contribution < 1.29 is 0 Å². The van der Waals surface area contributed by atoms with E-state index in [4.69, 9.17) is 5.84 Å². The van der Waals surface area contributed by atoms with E-state index in [-0.39, 0.29) is 0 Å². The van der Waals surface area contributed by atoms with E-state index < -0.39 is 0 Å². The molecule has 2 fully saturated rings. The molecule has 2 saturated carbocycles. The van der Waals surface area contributed by atoms with Gasteiger partial charge in [0.25, 0.3) is 0 Å². The molecule has 2 aliphatic rings. The summed E-state index contributed by atoms with van der Waals surface area (Å²) < 4.78 is 0. The van der Waals surface area contributed by atoms with E-state index in [1.165, 1.54) is 89.9 Å². The first kappa shape index (κ1) is 15.3. The standard InChI is InChI=1S/C17H34N2/c18-19-17(14-13-15-9-5-4-6-10-15)16-11-7-2-1-3-8-12-16/h15-17,19H,1-14,18H2. The number of hydrogen-bond acceptors (Lipinski definition) is 2. The lowest BCUT2D eigenvalue weighted by Crippen LogP contribution is -2.41. The van der Waals surface area contributed by atoms with Crippen LogP contribution in [-0.2, 0) is 0 Å². The molecule has 0 heterocycles. The summed E-state index contributed by atoms with van der Waals surface area (Å²) >= 11 is 0. The Morgan fingerprint density at radius 3 is 1.95 bits per heavy atom. The highest BCUT2D eigenvalue weighted by atomic mass is 15.2. The Morgan fingerprint density at radius 2 is 1.32 bits per heavy atom. The lowest BCUT2D eigenvalue weighted by molar-refractivity contribution is 0.245. The maximum Gasteiger partial charge on any atom is 0.0238 e. The van der Waals surface area contributed by atoms with Gasteiger partial charge >= 0.3 is 0 Å². The van der Waals surface area contributed by atoms with Gasteiger partial charge in [-0.2, -0.15) is 0 Å². The maximum absolute atomic E-state index is 5.86. The molecule has 112 valence electrons. The second-order valence-corrected chi connectivity index (χ2v) is 6.96. The number of nitrogens with two attached hydrogens (primary N) is 1. The van der Waals surface area contributed by atoms with Crippen molar-refractivity contribution in [1.82, 2.24) is 5.43 Å². The molecule has 3 N–H and O–H groups in total. The summed E-state index contributed by atoms with van der Waals surface area (Å²) in [6.07, 6.45) is 20.1. The Bertz CT molecular complexity index is 215. The summed E-state index contributed by atoms with van der Waals surface area (Å²) in [5, 5.41) is 0. The molecule has 2 rings (SSSR count). The third-order valence-electron chi connectivity index (χ3n) is 5.54. The minimum Gasteiger partial charge on any atom is -0.271 e. The molecule has 1 unspecified atom stereocenters. The van der Waals surface area contributed by atoms with Crippen molar-refractivity contribution in [3.63, 3.8) is 0 Å². The zero-order chi connectivity index (χ0) is 13.3. The van der Waals surface area contributed by atoms with E-state index in [9.17, 15) is 0 Å². The predicted molar refractivity (Wildman–Crippen MR) is 82.7 cm³/mol.